The molecule has 0 saturated carbocycles. The van der Waals surface area contributed by atoms with Crippen LogP contribution in [-0.4, -0.2) is 16.2 Å². The monoisotopic (exact) mass is 256 g/mol. The number of hydrogen-bond acceptors (Lipinski definition) is 2. The molecule has 1 aromatic rings. The highest BCUT2D eigenvalue weighted by Crippen LogP contribution is 2.37. The summed E-state index contributed by atoms with van der Waals surface area (Å²) in [6, 6.07) is 6.65. The summed E-state index contributed by atoms with van der Waals surface area (Å²) >= 11 is 5.83. The first kappa shape index (κ1) is 14.0. The van der Waals surface area contributed by atoms with Crippen molar-refractivity contribution in [3.05, 3.63) is 34.9 Å². The SMILES string of the molecule is CC(C)(C)C(C(=O)O)C(O)c1cccc(Cl)c1. The molecule has 0 aromatic heterocycles. The second-order valence-electron chi connectivity index (χ2n) is 5.18. The van der Waals surface area contributed by atoms with E-state index in [0.29, 0.717) is 10.6 Å². The summed E-state index contributed by atoms with van der Waals surface area (Å²) in [6.07, 6.45) is -1.06. The average Bonchev–Trinajstić information content (AvgIpc) is 2.14. The number of benzene rings is 1. The van der Waals surface area contributed by atoms with Gasteiger partial charge in [-0.15, -0.1) is 0 Å². The number of carboxylic acids is 1. The summed E-state index contributed by atoms with van der Waals surface area (Å²) < 4.78 is 0. The second-order valence-corrected chi connectivity index (χ2v) is 5.62. The lowest BCUT2D eigenvalue weighted by atomic mass is 9.75. The van der Waals surface area contributed by atoms with E-state index in [4.69, 9.17) is 11.6 Å². The molecule has 17 heavy (non-hydrogen) atoms. The van der Waals surface area contributed by atoms with Gasteiger partial charge in [-0.05, 0) is 23.1 Å². The molecule has 2 atom stereocenters. The zero-order chi connectivity index (χ0) is 13.2. The number of carboxylic acid groups (broad SMARTS) is 1. The van der Waals surface area contributed by atoms with Crippen LogP contribution in [0.5, 0.6) is 0 Å². The van der Waals surface area contributed by atoms with Gasteiger partial charge in [0.2, 0.25) is 0 Å². The Kier molecular flexibility index (Phi) is 4.17. The van der Waals surface area contributed by atoms with E-state index in [0.717, 1.165) is 0 Å². The van der Waals surface area contributed by atoms with Crippen LogP contribution in [0.2, 0.25) is 5.02 Å². The molecule has 0 fully saturated rings. The zero-order valence-corrected chi connectivity index (χ0v) is 10.9. The zero-order valence-electron chi connectivity index (χ0n) is 10.1. The van der Waals surface area contributed by atoms with E-state index in [2.05, 4.69) is 0 Å². The Morgan fingerprint density at radius 1 is 1.35 bits per heavy atom. The van der Waals surface area contributed by atoms with Gasteiger partial charge in [0.1, 0.15) is 0 Å². The van der Waals surface area contributed by atoms with Gasteiger partial charge in [-0.1, -0.05) is 44.5 Å². The fourth-order valence-electron chi connectivity index (χ4n) is 1.86. The molecule has 4 heteroatoms. The first-order valence-electron chi connectivity index (χ1n) is 5.40. The van der Waals surface area contributed by atoms with E-state index in [1.165, 1.54) is 0 Å². The predicted octanol–water partition coefficient (Wildman–Crippen LogP) is 3.12. The molecule has 3 nitrogen and oxygen atoms in total. The van der Waals surface area contributed by atoms with Crippen LogP contribution < -0.4 is 0 Å². The Morgan fingerprint density at radius 3 is 2.35 bits per heavy atom. The van der Waals surface area contributed by atoms with E-state index in [9.17, 15) is 15.0 Å². The lowest BCUT2D eigenvalue weighted by Gasteiger charge is -2.31. The average molecular weight is 257 g/mol. The Labute approximate surface area is 106 Å². The Balaban J connectivity index is 3.09. The molecular weight excluding hydrogens is 240 g/mol. The van der Waals surface area contributed by atoms with Gasteiger partial charge in [0.15, 0.2) is 0 Å². The summed E-state index contributed by atoms with van der Waals surface area (Å²) in [4.78, 5) is 11.3. The Hall–Kier alpha value is -1.06. The van der Waals surface area contributed by atoms with Crippen molar-refractivity contribution in [2.24, 2.45) is 11.3 Å². The highest BCUT2D eigenvalue weighted by Gasteiger charge is 2.38. The van der Waals surface area contributed by atoms with Gasteiger partial charge in [0, 0.05) is 5.02 Å². The fraction of sp³-hybridized carbons (Fsp3) is 0.462. The number of aliphatic hydroxyl groups is 1. The predicted molar refractivity (Wildman–Crippen MR) is 67.0 cm³/mol. The van der Waals surface area contributed by atoms with Gasteiger partial charge in [0.25, 0.3) is 0 Å². The second kappa shape index (κ2) is 5.07. The van der Waals surface area contributed by atoms with Gasteiger partial charge < -0.3 is 10.2 Å². The maximum absolute atomic E-state index is 11.3. The third-order valence-electron chi connectivity index (χ3n) is 2.70. The lowest BCUT2D eigenvalue weighted by Crippen LogP contribution is -2.33. The van der Waals surface area contributed by atoms with E-state index in [1.807, 2.05) is 0 Å². The van der Waals surface area contributed by atoms with Crippen LogP contribution in [0.4, 0.5) is 0 Å². The maximum Gasteiger partial charge on any atom is 0.310 e. The lowest BCUT2D eigenvalue weighted by molar-refractivity contribution is -0.151. The molecule has 0 aliphatic rings. The minimum Gasteiger partial charge on any atom is -0.481 e. The fourth-order valence-corrected chi connectivity index (χ4v) is 2.06. The van der Waals surface area contributed by atoms with Gasteiger partial charge in [-0.3, -0.25) is 4.79 Å². The molecule has 0 heterocycles. The van der Waals surface area contributed by atoms with Crippen LogP contribution in [0.15, 0.2) is 24.3 Å². The van der Waals surface area contributed by atoms with Crippen LogP contribution in [-0.2, 0) is 4.79 Å². The van der Waals surface area contributed by atoms with E-state index < -0.39 is 23.4 Å². The van der Waals surface area contributed by atoms with Gasteiger partial charge in [-0.25, -0.2) is 0 Å². The number of carbonyl (C=O) groups is 1. The summed E-state index contributed by atoms with van der Waals surface area (Å²) in [5.41, 5.74) is -0.00654. The third kappa shape index (κ3) is 3.45. The molecule has 94 valence electrons. The molecule has 2 N–H and O–H groups in total. The summed E-state index contributed by atoms with van der Waals surface area (Å²) in [6.45, 7) is 5.37. The Bertz CT molecular complexity index is 409. The minimum atomic E-state index is -1.06. The van der Waals surface area contributed by atoms with Crippen molar-refractivity contribution in [3.8, 4) is 0 Å². The van der Waals surface area contributed by atoms with Crippen LogP contribution in [0, 0.1) is 11.3 Å². The molecule has 0 bridgehead atoms. The van der Waals surface area contributed by atoms with E-state index in [1.54, 1.807) is 45.0 Å². The number of rotatable bonds is 3. The van der Waals surface area contributed by atoms with Gasteiger partial charge in [-0.2, -0.15) is 0 Å². The number of aliphatic hydroxyl groups excluding tert-OH is 1. The molecule has 0 aliphatic heterocycles. The topological polar surface area (TPSA) is 57.5 Å². The molecule has 0 saturated heterocycles. The highest BCUT2D eigenvalue weighted by atomic mass is 35.5. The Morgan fingerprint density at radius 2 is 1.94 bits per heavy atom. The number of halogens is 1. The van der Waals surface area contributed by atoms with Crippen molar-refractivity contribution in [1.82, 2.24) is 0 Å². The molecular formula is C13H17ClO3. The van der Waals surface area contributed by atoms with Crippen molar-refractivity contribution in [2.45, 2.75) is 26.9 Å². The molecule has 0 amide bonds. The first-order valence-corrected chi connectivity index (χ1v) is 5.77. The summed E-state index contributed by atoms with van der Waals surface area (Å²) in [5, 5.41) is 19.9. The van der Waals surface area contributed by atoms with Crippen molar-refractivity contribution in [1.29, 1.82) is 0 Å². The molecule has 0 radical (unpaired) electrons. The molecule has 0 aliphatic carbocycles. The van der Waals surface area contributed by atoms with Crippen LogP contribution >= 0.6 is 11.6 Å². The normalized spacial score (nSPS) is 15.4. The third-order valence-corrected chi connectivity index (χ3v) is 2.94. The van der Waals surface area contributed by atoms with E-state index >= 15 is 0 Å². The summed E-state index contributed by atoms with van der Waals surface area (Å²) in [5.74, 6) is -1.88. The molecule has 0 spiro atoms. The number of aliphatic carboxylic acids is 1. The van der Waals surface area contributed by atoms with Crippen molar-refractivity contribution in [3.63, 3.8) is 0 Å². The van der Waals surface area contributed by atoms with E-state index in [-0.39, 0.29) is 0 Å². The largest absolute Gasteiger partial charge is 0.481 e. The number of hydrogen-bond donors (Lipinski definition) is 2. The van der Waals surface area contributed by atoms with Crippen LogP contribution in [0.3, 0.4) is 0 Å². The smallest absolute Gasteiger partial charge is 0.310 e. The standard InChI is InChI=1S/C13H17ClO3/c1-13(2,3)10(12(16)17)11(15)8-5-4-6-9(14)7-8/h4-7,10-11,15H,1-3H3,(H,16,17). The van der Waals surface area contributed by atoms with Crippen molar-refractivity contribution in [2.75, 3.05) is 0 Å². The first-order chi connectivity index (χ1) is 7.73. The van der Waals surface area contributed by atoms with Crippen LogP contribution in [0.1, 0.15) is 32.4 Å². The van der Waals surface area contributed by atoms with Crippen molar-refractivity contribution >= 4 is 17.6 Å². The summed E-state index contributed by atoms with van der Waals surface area (Å²) in [7, 11) is 0. The highest BCUT2D eigenvalue weighted by molar-refractivity contribution is 6.30. The molecule has 1 rings (SSSR count). The van der Waals surface area contributed by atoms with Crippen LogP contribution in [0.25, 0.3) is 0 Å². The van der Waals surface area contributed by atoms with Crippen molar-refractivity contribution < 1.29 is 15.0 Å². The minimum absolute atomic E-state index is 0.486. The van der Waals surface area contributed by atoms with Gasteiger partial charge in [0.05, 0.1) is 12.0 Å². The molecule has 1 aromatic carbocycles. The quantitative estimate of drug-likeness (QED) is 0.874. The maximum atomic E-state index is 11.3. The van der Waals surface area contributed by atoms with Gasteiger partial charge >= 0.3 is 5.97 Å². The molecule has 2 unspecified atom stereocenters.